The maximum atomic E-state index is 13.8. The number of esters is 1. The minimum atomic E-state index is -2.41. The molecule has 4 unspecified atom stereocenters. The number of hydrogen-bond acceptors (Lipinski definition) is 10. The van der Waals surface area contributed by atoms with Gasteiger partial charge in [0.05, 0.1) is 17.8 Å². The summed E-state index contributed by atoms with van der Waals surface area (Å²) in [5.41, 5.74) is -6.01. The van der Waals surface area contributed by atoms with E-state index in [0.29, 0.717) is 11.1 Å². The second-order valence-electron chi connectivity index (χ2n) is 14.1. The van der Waals surface area contributed by atoms with Crippen molar-refractivity contribution in [2.45, 2.75) is 106 Å². The quantitative estimate of drug-likeness (QED) is 0.113. The number of Topliss-reactive ketones (excluding diaryl/α,β-unsaturated/α-hetero) is 1. The monoisotopic (exact) mass is 648 g/mol. The van der Waals surface area contributed by atoms with Gasteiger partial charge in [0.25, 0.3) is 0 Å². The number of allylic oxidation sites excluding steroid dienone is 3. The van der Waals surface area contributed by atoms with E-state index in [9.17, 15) is 24.9 Å². The van der Waals surface area contributed by atoms with Crippen LogP contribution in [-0.4, -0.2) is 86.5 Å². The number of rotatable bonds is 10. The maximum absolute atomic E-state index is 13.8. The fraction of sp³-hybridized carbons (Fsp3) is 0.568. The van der Waals surface area contributed by atoms with Crippen molar-refractivity contribution >= 4 is 11.8 Å². The lowest BCUT2D eigenvalue weighted by Gasteiger charge is -2.61. The highest BCUT2D eigenvalue weighted by Crippen LogP contribution is 2.73. The molecule has 0 spiro atoms. The van der Waals surface area contributed by atoms with Gasteiger partial charge in [0.1, 0.15) is 30.0 Å². The molecule has 10 heteroatoms. The molecule has 3 aliphatic heterocycles. The van der Waals surface area contributed by atoms with E-state index in [1.54, 1.807) is 62.4 Å². The minimum absolute atomic E-state index is 0.238. The van der Waals surface area contributed by atoms with Crippen LogP contribution in [0, 0.1) is 17.8 Å². The van der Waals surface area contributed by atoms with Crippen molar-refractivity contribution in [3.8, 4) is 0 Å². The summed E-state index contributed by atoms with van der Waals surface area (Å²) in [7, 11) is 0. The Bertz CT molecular complexity index is 1570. The van der Waals surface area contributed by atoms with E-state index in [2.05, 4.69) is 13.5 Å². The molecular weight excluding hydrogens is 604 g/mol. The zero-order valence-electron chi connectivity index (χ0n) is 27.3. The van der Waals surface area contributed by atoms with Crippen LogP contribution >= 0.6 is 0 Å². The van der Waals surface area contributed by atoms with E-state index >= 15 is 0 Å². The van der Waals surface area contributed by atoms with E-state index < -0.39 is 88.9 Å². The Balaban J connectivity index is 1.41. The van der Waals surface area contributed by atoms with Gasteiger partial charge in [-0.3, -0.25) is 4.79 Å². The number of carbonyl (C=O) groups excluding carboxylic acids is 2. The molecule has 47 heavy (non-hydrogen) atoms. The third-order valence-corrected chi connectivity index (χ3v) is 11.5. The van der Waals surface area contributed by atoms with Crippen LogP contribution in [-0.2, 0) is 28.5 Å². The molecule has 1 aromatic rings. The van der Waals surface area contributed by atoms with Gasteiger partial charge in [-0.25, -0.2) is 4.79 Å². The number of ketones is 1. The largest absolute Gasteiger partial charge is 0.455 e. The predicted molar refractivity (Wildman–Crippen MR) is 169 cm³/mol. The molecule has 252 valence electrons. The fourth-order valence-electron chi connectivity index (χ4n) is 9.24. The molecule has 3 aliphatic carbocycles. The standard InChI is InChI=1S/C37H44O10/c1-6-7-8-9-10-11-15-18-34-45-30-26-29-33(20-38,44-29)32(41)35(42)25(19-22(4)27(35)39)37(26,47-34)23(5)28(36(30,46-34)21(2)3)43-31(40)24-16-13-12-14-17-24/h10-19,23,25-26,28-30,32,38,41-42H,2,6-9,20H2,1,3-5H3/b11-10+,18-15+/t23-,25-,26+,28-,29?,30?,32-,33+,34?,35-,36-,37?/m1/s1. The molecule has 0 amide bonds. The molecule has 3 bridgehead atoms. The summed E-state index contributed by atoms with van der Waals surface area (Å²) >= 11 is 0. The molecule has 7 rings (SSSR count). The van der Waals surface area contributed by atoms with Crippen molar-refractivity contribution in [2.75, 3.05) is 6.61 Å². The van der Waals surface area contributed by atoms with Crippen LogP contribution in [0.1, 0.15) is 63.7 Å². The van der Waals surface area contributed by atoms with E-state index in [1.807, 2.05) is 19.1 Å². The normalized spacial score (nSPS) is 45.8. The van der Waals surface area contributed by atoms with Crippen LogP contribution in [0.3, 0.4) is 0 Å². The van der Waals surface area contributed by atoms with Crippen LogP contribution in [0.25, 0.3) is 0 Å². The average molecular weight is 649 g/mol. The number of epoxide rings is 1. The number of ether oxygens (including phenoxy) is 5. The van der Waals surface area contributed by atoms with Gasteiger partial charge in [-0.1, -0.05) is 75.8 Å². The Hall–Kier alpha value is -2.96. The Morgan fingerprint density at radius 1 is 1.11 bits per heavy atom. The highest BCUT2D eigenvalue weighted by Gasteiger charge is 2.90. The summed E-state index contributed by atoms with van der Waals surface area (Å²) in [5, 5.41) is 34.9. The lowest BCUT2D eigenvalue weighted by atomic mass is 9.53. The van der Waals surface area contributed by atoms with Gasteiger partial charge in [-0.05, 0) is 50.0 Å². The first-order chi connectivity index (χ1) is 22.4. The van der Waals surface area contributed by atoms with Gasteiger partial charge in [0.2, 0.25) is 0 Å². The highest BCUT2D eigenvalue weighted by atomic mass is 16.9. The first-order valence-electron chi connectivity index (χ1n) is 16.7. The molecule has 3 heterocycles. The fourth-order valence-corrected chi connectivity index (χ4v) is 9.24. The maximum Gasteiger partial charge on any atom is 0.338 e. The zero-order valence-corrected chi connectivity index (χ0v) is 27.3. The highest BCUT2D eigenvalue weighted by molar-refractivity contribution is 6.05. The van der Waals surface area contributed by atoms with Crippen LogP contribution in [0.5, 0.6) is 0 Å². The second-order valence-corrected chi connectivity index (χ2v) is 14.1. The van der Waals surface area contributed by atoms with Crippen LogP contribution < -0.4 is 0 Å². The van der Waals surface area contributed by atoms with Crippen molar-refractivity contribution in [2.24, 2.45) is 17.8 Å². The summed E-state index contributed by atoms with van der Waals surface area (Å²) in [6.07, 6.45) is 8.51. The molecule has 0 aromatic heterocycles. The van der Waals surface area contributed by atoms with Gasteiger partial charge < -0.3 is 39.0 Å². The zero-order chi connectivity index (χ0) is 33.6. The Morgan fingerprint density at radius 2 is 1.85 bits per heavy atom. The van der Waals surface area contributed by atoms with Crippen LogP contribution in [0.15, 0.2) is 78.4 Å². The van der Waals surface area contributed by atoms with Crippen molar-refractivity contribution in [1.29, 1.82) is 0 Å². The molecule has 2 saturated carbocycles. The van der Waals surface area contributed by atoms with Crippen molar-refractivity contribution in [3.63, 3.8) is 0 Å². The smallest absolute Gasteiger partial charge is 0.338 e. The topological polar surface area (TPSA) is 144 Å². The first kappa shape index (κ1) is 32.6. The van der Waals surface area contributed by atoms with Gasteiger partial charge in [0.15, 0.2) is 17.0 Å². The van der Waals surface area contributed by atoms with Crippen LogP contribution in [0.4, 0.5) is 0 Å². The summed E-state index contributed by atoms with van der Waals surface area (Å²) in [6, 6.07) is 8.57. The Kier molecular flexibility index (Phi) is 7.65. The first-order valence-corrected chi connectivity index (χ1v) is 16.7. The lowest BCUT2D eigenvalue weighted by molar-refractivity contribution is -0.407. The van der Waals surface area contributed by atoms with Gasteiger partial charge in [-0.15, -0.1) is 0 Å². The number of aliphatic hydroxyl groups excluding tert-OH is 2. The number of unbranched alkanes of at least 4 members (excludes halogenated alkanes) is 3. The second kappa shape index (κ2) is 11.0. The predicted octanol–water partition coefficient (Wildman–Crippen LogP) is 3.70. The molecule has 12 atom stereocenters. The third-order valence-electron chi connectivity index (χ3n) is 11.5. The van der Waals surface area contributed by atoms with Crippen molar-refractivity contribution < 1.29 is 48.6 Å². The van der Waals surface area contributed by atoms with Gasteiger partial charge in [-0.2, -0.15) is 0 Å². The Labute approximate surface area is 274 Å². The Morgan fingerprint density at radius 3 is 2.53 bits per heavy atom. The summed E-state index contributed by atoms with van der Waals surface area (Å²) in [4.78, 5) is 27.6. The number of carbonyl (C=O) groups is 2. The molecule has 5 fully saturated rings. The van der Waals surface area contributed by atoms with Gasteiger partial charge in [0, 0.05) is 23.8 Å². The molecule has 0 radical (unpaired) electrons. The van der Waals surface area contributed by atoms with Crippen molar-refractivity contribution in [3.05, 3.63) is 84.0 Å². The summed E-state index contributed by atoms with van der Waals surface area (Å²) < 4.78 is 33.2. The SMILES string of the molecule is C=C(C)[C@]12OC3(/C=C/C=C/CCCCC)OC1[C@@H]1C4O[C@]4(CO)[C@@H](O)[C@]4(O)C(=O)C(C)=C[C@H]4C1(O3)[C@H](C)[C@H]2OC(=O)c1ccccc1. The van der Waals surface area contributed by atoms with E-state index in [-0.39, 0.29) is 5.57 Å². The van der Waals surface area contributed by atoms with E-state index in [1.165, 1.54) is 0 Å². The third kappa shape index (κ3) is 4.16. The minimum Gasteiger partial charge on any atom is -0.455 e. The lowest BCUT2D eigenvalue weighted by Crippen LogP contribution is -2.76. The molecular formula is C37H44O10. The molecule has 6 aliphatic rings. The van der Waals surface area contributed by atoms with E-state index in [4.69, 9.17) is 23.7 Å². The average Bonchev–Trinajstić information content (AvgIpc) is 3.69. The summed E-state index contributed by atoms with van der Waals surface area (Å²) in [5.74, 6) is -5.81. The number of benzene rings is 1. The molecule has 3 N–H and O–H groups in total. The number of aliphatic hydroxyl groups is 3. The number of hydrogen-bond donors (Lipinski definition) is 3. The van der Waals surface area contributed by atoms with E-state index in [0.717, 1.165) is 25.7 Å². The molecule has 10 nitrogen and oxygen atoms in total. The summed E-state index contributed by atoms with van der Waals surface area (Å²) in [6.45, 7) is 11.0. The molecule has 3 saturated heterocycles. The number of fused-ring (bicyclic) bond motifs is 3. The van der Waals surface area contributed by atoms with Gasteiger partial charge >= 0.3 is 11.9 Å². The van der Waals surface area contributed by atoms with Crippen molar-refractivity contribution in [1.82, 2.24) is 0 Å². The van der Waals surface area contributed by atoms with Crippen LogP contribution in [0.2, 0.25) is 0 Å². The molecule has 1 aromatic carbocycles.